The Hall–Kier alpha value is -2.00. The molecule has 1 heterocycles. The molecule has 1 aliphatic rings. The number of fused-ring (bicyclic) bond motifs is 1. The van der Waals surface area contributed by atoms with Crippen LogP contribution in [0.5, 0.6) is 5.75 Å². The summed E-state index contributed by atoms with van der Waals surface area (Å²) in [6.45, 7) is 2.44. The van der Waals surface area contributed by atoms with Gasteiger partial charge in [0.05, 0.1) is 12.6 Å². The molecule has 0 aliphatic carbocycles. The molecule has 1 unspecified atom stereocenters. The molecule has 0 bridgehead atoms. The van der Waals surface area contributed by atoms with Gasteiger partial charge in [0.15, 0.2) is 0 Å². The topological polar surface area (TPSA) is 32.7 Å². The van der Waals surface area contributed by atoms with Crippen LogP contribution in [-0.2, 0) is 0 Å². The number of nitrogens with zero attached hydrogens (tertiary/aromatic N) is 1. The van der Waals surface area contributed by atoms with Gasteiger partial charge in [0.2, 0.25) is 0 Å². The summed E-state index contributed by atoms with van der Waals surface area (Å²) in [5.41, 5.74) is 2.17. The van der Waals surface area contributed by atoms with Crippen molar-refractivity contribution in [3.05, 3.63) is 60.2 Å². The van der Waals surface area contributed by atoms with Crippen LogP contribution >= 0.6 is 0 Å². The Morgan fingerprint density at radius 1 is 1.05 bits per heavy atom. The molecule has 2 aromatic rings. The van der Waals surface area contributed by atoms with Gasteiger partial charge in [0, 0.05) is 17.8 Å². The van der Waals surface area contributed by atoms with Gasteiger partial charge in [-0.25, -0.2) is 0 Å². The first-order chi connectivity index (χ1) is 10.3. The van der Waals surface area contributed by atoms with Crippen LogP contribution in [0, 0.1) is 0 Å². The van der Waals surface area contributed by atoms with E-state index < -0.39 is 0 Å². The SMILES string of the molecule is OC1CCCN(CCOc2ccccc2)c2ccccc21. The molecule has 1 atom stereocenters. The van der Waals surface area contributed by atoms with Gasteiger partial charge < -0.3 is 14.7 Å². The van der Waals surface area contributed by atoms with Crippen molar-refractivity contribution in [1.82, 2.24) is 0 Å². The van der Waals surface area contributed by atoms with Gasteiger partial charge in [-0.05, 0) is 31.0 Å². The standard InChI is InChI=1S/C18H21NO2/c20-18-11-6-12-19(17-10-5-4-9-16(17)18)13-14-21-15-7-2-1-3-8-15/h1-5,7-10,18,20H,6,11-14H2. The molecule has 0 radical (unpaired) electrons. The zero-order valence-electron chi connectivity index (χ0n) is 12.1. The van der Waals surface area contributed by atoms with E-state index in [0.717, 1.165) is 42.9 Å². The van der Waals surface area contributed by atoms with Crippen molar-refractivity contribution >= 4 is 5.69 Å². The van der Waals surface area contributed by atoms with Crippen LogP contribution in [-0.4, -0.2) is 24.8 Å². The van der Waals surface area contributed by atoms with Crippen molar-refractivity contribution in [1.29, 1.82) is 0 Å². The Bertz CT molecular complexity index is 570. The molecular formula is C18H21NO2. The van der Waals surface area contributed by atoms with Gasteiger partial charge in [-0.15, -0.1) is 0 Å². The highest BCUT2D eigenvalue weighted by Gasteiger charge is 2.20. The number of aliphatic hydroxyl groups excluding tert-OH is 1. The average molecular weight is 283 g/mol. The molecule has 0 fully saturated rings. The molecule has 0 aromatic heterocycles. The van der Waals surface area contributed by atoms with E-state index in [4.69, 9.17) is 4.74 Å². The largest absolute Gasteiger partial charge is 0.492 e. The average Bonchev–Trinajstić information content (AvgIpc) is 2.69. The maximum absolute atomic E-state index is 10.2. The van der Waals surface area contributed by atoms with Gasteiger partial charge in [0.1, 0.15) is 12.4 Å². The highest BCUT2D eigenvalue weighted by molar-refractivity contribution is 5.55. The third kappa shape index (κ3) is 3.37. The van der Waals surface area contributed by atoms with Crippen molar-refractivity contribution in [2.45, 2.75) is 18.9 Å². The zero-order chi connectivity index (χ0) is 14.5. The minimum Gasteiger partial charge on any atom is -0.492 e. The molecule has 3 nitrogen and oxygen atoms in total. The first-order valence-corrected chi connectivity index (χ1v) is 7.54. The van der Waals surface area contributed by atoms with Crippen LogP contribution in [0.2, 0.25) is 0 Å². The Kier molecular flexibility index (Phi) is 4.41. The van der Waals surface area contributed by atoms with Gasteiger partial charge >= 0.3 is 0 Å². The Morgan fingerprint density at radius 2 is 1.81 bits per heavy atom. The second kappa shape index (κ2) is 6.64. The lowest BCUT2D eigenvalue weighted by molar-refractivity contribution is 0.168. The van der Waals surface area contributed by atoms with Crippen LogP contribution in [0.1, 0.15) is 24.5 Å². The van der Waals surface area contributed by atoms with Crippen molar-refractivity contribution in [2.75, 3.05) is 24.6 Å². The molecule has 0 saturated heterocycles. The van der Waals surface area contributed by atoms with Crippen molar-refractivity contribution < 1.29 is 9.84 Å². The molecule has 0 saturated carbocycles. The van der Waals surface area contributed by atoms with Gasteiger partial charge in [-0.1, -0.05) is 36.4 Å². The number of hydrogen-bond donors (Lipinski definition) is 1. The zero-order valence-corrected chi connectivity index (χ0v) is 12.1. The first-order valence-electron chi connectivity index (χ1n) is 7.54. The predicted octanol–water partition coefficient (Wildman–Crippen LogP) is 3.40. The van der Waals surface area contributed by atoms with Gasteiger partial charge in [-0.3, -0.25) is 0 Å². The summed E-state index contributed by atoms with van der Waals surface area (Å²) in [6, 6.07) is 18.0. The Balaban J connectivity index is 1.66. The summed E-state index contributed by atoms with van der Waals surface area (Å²) in [7, 11) is 0. The number of hydrogen-bond acceptors (Lipinski definition) is 3. The van der Waals surface area contributed by atoms with Crippen molar-refractivity contribution in [3.8, 4) is 5.75 Å². The van der Waals surface area contributed by atoms with Gasteiger partial charge in [-0.2, -0.15) is 0 Å². The number of ether oxygens (including phenoxy) is 1. The number of para-hydroxylation sites is 2. The van der Waals surface area contributed by atoms with Crippen LogP contribution < -0.4 is 9.64 Å². The van der Waals surface area contributed by atoms with E-state index in [1.54, 1.807) is 0 Å². The van der Waals surface area contributed by atoms with Crippen molar-refractivity contribution in [2.24, 2.45) is 0 Å². The van der Waals surface area contributed by atoms with E-state index in [0.29, 0.717) is 6.61 Å². The summed E-state index contributed by atoms with van der Waals surface area (Å²) >= 11 is 0. The third-order valence-corrected chi connectivity index (χ3v) is 3.92. The fourth-order valence-electron chi connectivity index (χ4n) is 2.83. The smallest absolute Gasteiger partial charge is 0.119 e. The quantitative estimate of drug-likeness (QED) is 0.933. The van der Waals surface area contributed by atoms with Gasteiger partial charge in [0.25, 0.3) is 0 Å². The fraction of sp³-hybridized carbons (Fsp3) is 0.333. The lowest BCUT2D eigenvalue weighted by atomic mass is 10.0. The minimum absolute atomic E-state index is 0.346. The molecule has 110 valence electrons. The molecule has 21 heavy (non-hydrogen) atoms. The summed E-state index contributed by atoms with van der Waals surface area (Å²) in [6.07, 6.45) is 1.48. The second-order valence-electron chi connectivity index (χ2n) is 5.37. The van der Waals surface area contributed by atoms with Crippen LogP contribution in [0.15, 0.2) is 54.6 Å². The van der Waals surface area contributed by atoms with E-state index in [2.05, 4.69) is 11.0 Å². The summed E-state index contributed by atoms with van der Waals surface area (Å²) in [5.74, 6) is 0.903. The highest BCUT2D eigenvalue weighted by atomic mass is 16.5. The number of benzene rings is 2. The van der Waals surface area contributed by atoms with Crippen LogP contribution in [0.4, 0.5) is 5.69 Å². The monoisotopic (exact) mass is 283 g/mol. The van der Waals surface area contributed by atoms with Crippen LogP contribution in [0.3, 0.4) is 0 Å². The molecule has 3 heteroatoms. The van der Waals surface area contributed by atoms with Crippen molar-refractivity contribution in [3.63, 3.8) is 0 Å². The Morgan fingerprint density at radius 3 is 2.67 bits per heavy atom. The molecular weight excluding hydrogens is 262 g/mol. The maximum Gasteiger partial charge on any atom is 0.119 e. The lowest BCUT2D eigenvalue weighted by Crippen LogP contribution is -2.29. The van der Waals surface area contributed by atoms with Crippen LogP contribution in [0.25, 0.3) is 0 Å². The maximum atomic E-state index is 10.2. The summed E-state index contributed by atoms with van der Waals surface area (Å²) in [4.78, 5) is 2.31. The first kappa shape index (κ1) is 14.0. The molecule has 1 aliphatic heterocycles. The third-order valence-electron chi connectivity index (χ3n) is 3.92. The fourth-order valence-corrected chi connectivity index (χ4v) is 2.83. The number of rotatable bonds is 4. The summed E-state index contributed by atoms with van der Waals surface area (Å²) < 4.78 is 5.79. The number of anilines is 1. The van der Waals surface area contributed by atoms with E-state index in [1.165, 1.54) is 0 Å². The predicted molar refractivity (Wildman–Crippen MR) is 84.8 cm³/mol. The molecule has 2 aromatic carbocycles. The van der Waals surface area contributed by atoms with E-state index in [-0.39, 0.29) is 6.10 Å². The van der Waals surface area contributed by atoms with E-state index in [9.17, 15) is 5.11 Å². The highest BCUT2D eigenvalue weighted by Crippen LogP contribution is 2.32. The second-order valence-corrected chi connectivity index (χ2v) is 5.37. The lowest BCUT2D eigenvalue weighted by Gasteiger charge is -2.25. The van der Waals surface area contributed by atoms with E-state index >= 15 is 0 Å². The normalized spacial score (nSPS) is 18.0. The molecule has 1 N–H and O–H groups in total. The van der Waals surface area contributed by atoms with E-state index in [1.807, 2.05) is 48.5 Å². The Labute approximate surface area is 125 Å². The minimum atomic E-state index is -0.346. The molecule has 3 rings (SSSR count). The summed E-state index contributed by atoms with van der Waals surface area (Å²) in [5, 5.41) is 10.2. The molecule has 0 amide bonds. The molecule has 0 spiro atoms. The number of aliphatic hydroxyl groups is 1.